The van der Waals surface area contributed by atoms with Crippen molar-refractivity contribution < 1.29 is 22.3 Å². The molecule has 0 aliphatic heterocycles. The Morgan fingerprint density at radius 2 is 1.96 bits per heavy atom. The number of nitrogens with one attached hydrogen (secondary N) is 2. The first-order chi connectivity index (χ1) is 11.4. The molecule has 3 N–H and O–H groups in total. The lowest BCUT2D eigenvalue weighted by Crippen LogP contribution is -2.23. The fourth-order valence-electron chi connectivity index (χ4n) is 1.88. The van der Waals surface area contributed by atoms with Crippen molar-refractivity contribution in [3.05, 3.63) is 48.2 Å². The van der Waals surface area contributed by atoms with Gasteiger partial charge in [0.05, 0.1) is 18.3 Å². The molecule has 0 fully saturated rings. The fraction of sp³-hybridized carbons (Fsp3) is 0.267. The van der Waals surface area contributed by atoms with Gasteiger partial charge in [0, 0.05) is 12.3 Å². The van der Waals surface area contributed by atoms with Gasteiger partial charge in [0.2, 0.25) is 0 Å². The first-order valence-electron chi connectivity index (χ1n) is 7.17. The number of anilines is 2. The molecule has 0 aliphatic rings. The van der Waals surface area contributed by atoms with Crippen LogP contribution < -0.4 is 10.0 Å². The minimum Gasteiger partial charge on any atom is -0.394 e. The van der Waals surface area contributed by atoms with Gasteiger partial charge in [-0.1, -0.05) is 6.92 Å². The van der Waals surface area contributed by atoms with E-state index in [1.165, 1.54) is 12.1 Å². The van der Waals surface area contributed by atoms with E-state index in [-0.39, 0.29) is 23.2 Å². The van der Waals surface area contributed by atoms with E-state index in [9.17, 15) is 17.2 Å². The van der Waals surface area contributed by atoms with Crippen LogP contribution in [0.3, 0.4) is 0 Å². The number of hydrogen-bond donors (Lipinski definition) is 3. The van der Waals surface area contributed by atoms with Crippen molar-refractivity contribution in [2.75, 3.05) is 16.6 Å². The molecular formula is C15H17F2N3O3S. The fourth-order valence-corrected chi connectivity index (χ4v) is 2.88. The van der Waals surface area contributed by atoms with Crippen LogP contribution >= 0.6 is 0 Å². The number of benzene rings is 1. The highest BCUT2D eigenvalue weighted by molar-refractivity contribution is 7.92. The third-order valence-corrected chi connectivity index (χ3v) is 4.65. The second kappa shape index (κ2) is 7.54. The summed E-state index contributed by atoms with van der Waals surface area (Å²) in [4.78, 5) is 3.85. The van der Waals surface area contributed by atoms with Crippen molar-refractivity contribution in [2.24, 2.45) is 0 Å². The van der Waals surface area contributed by atoms with Gasteiger partial charge in [0.1, 0.15) is 10.7 Å². The highest BCUT2D eigenvalue weighted by Gasteiger charge is 2.16. The molecule has 0 amide bonds. The van der Waals surface area contributed by atoms with E-state index >= 15 is 0 Å². The molecule has 6 nitrogen and oxygen atoms in total. The van der Waals surface area contributed by atoms with Crippen LogP contribution in [0, 0.1) is 11.6 Å². The molecule has 0 aliphatic carbocycles. The Hall–Kier alpha value is -2.26. The van der Waals surface area contributed by atoms with Gasteiger partial charge in [0.25, 0.3) is 10.0 Å². The molecule has 0 unspecified atom stereocenters. The topological polar surface area (TPSA) is 91.3 Å². The Kier molecular flexibility index (Phi) is 5.68. The summed E-state index contributed by atoms with van der Waals surface area (Å²) in [5, 5.41) is 12.1. The number of aromatic nitrogens is 1. The maximum Gasteiger partial charge on any atom is 0.263 e. The second-order valence-electron chi connectivity index (χ2n) is 5.05. The van der Waals surface area contributed by atoms with Gasteiger partial charge in [0.15, 0.2) is 11.6 Å². The number of aliphatic hydroxyl groups excluding tert-OH is 1. The van der Waals surface area contributed by atoms with E-state index in [0.29, 0.717) is 12.2 Å². The van der Waals surface area contributed by atoms with Gasteiger partial charge in [-0.05, 0) is 30.7 Å². The Morgan fingerprint density at radius 3 is 2.50 bits per heavy atom. The lowest BCUT2D eigenvalue weighted by molar-refractivity contribution is 0.271. The third kappa shape index (κ3) is 4.39. The molecule has 2 rings (SSSR count). The van der Waals surface area contributed by atoms with Crippen molar-refractivity contribution in [3.8, 4) is 0 Å². The van der Waals surface area contributed by atoms with Crippen LogP contribution in [0.15, 0.2) is 41.4 Å². The Labute approximate surface area is 138 Å². The lowest BCUT2D eigenvalue weighted by Gasteiger charge is -2.15. The Balaban J connectivity index is 2.15. The third-order valence-electron chi connectivity index (χ3n) is 3.28. The molecule has 0 radical (unpaired) electrons. The summed E-state index contributed by atoms with van der Waals surface area (Å²) in [6.07, 6.45) is 1.81. The average molecular weight is 357 g/mol. The van der Waals surface area contributed by atoms with Gasteiger partial charge < -0.3 is 10.4 Å². The van der Waals surface area contributed by atoms with E-state index < -0.39 is 21.7 Å². The van der Waals surface area contributed by atoms with Crippen molar-refractivity contribution in [3.63, 3.8) is 0 Å². The van der Waals surface area contributed by atoms with Gasteiger partial charge in [-0.2, -0.15) is 0 Å². The first kappa shape index (κ1) is 18.1. The Morgan fingerprint density at radius 1 is 1.21 bits per heavy atom. The summed E-state index contributed by atoms with van der Waals surface area (Å²) in [6, 6.07) is 5.30. The number of nitrogens with zero attached hydrogens (tertiary/aromatic N) is 1. The van der Waals surface area contributed by atoms with Gasteiger partial charge in [-0.25, -0.2) is 22.2 Å². The molecule has 2 aromatic rings. The highest BCUT2D eigenvalue weighted by atomic mass is 32.2. The molecule has 24 heavy (non-hydrogen) atoms. The smallest absolute Gasteiger partial charge is 0.263 e. The Bertz CT molecular complexity index is 794. The molecule has 1 aromatic carbocycles. The standard InChI is InChI=1S/C15H17F2N3O3S/c1-2-10(9-21)19-15-6-4-12(8-18-15)24(22,23)20-11-3-5-13(16)14(17)7-11/h3-8,10,20-21H,2,9H2,1H3,(H,18,19)/t10-/m0/s1. The molecule has 1 aromatic heterocycles. The molecule has 0 saturated carbocycles. The first-order valence-corrected chi connectivity index (χ1v) is 8.65. The van der Waals surface area contributed by atoms with E-state index in [1.807, 2.05) is 6.92 Å². The number of sulfonamides is 1. The molecule has 0 bridgehead atoms. The quantitative estimate of drug-likeness (QED) is 0.707. The normalized spacial score (nSPS) is 12.7. The highest BCUT2D eigenvalue weighted by Crippen LogP contribution is 2.19. The number of rotatable bonds is 7. The summed E-state index contributed by atoms with van der Waals surface area (Å²) >= 11 is 0. The van der Waals surface area contributed by atoms with Gasteiger partial charge in [-0.15, -0.1) is 0 Å². The predicted molar refractivity (Wildman–Crippen MR) is 86.2 cm³/mol. The molecule has 0 saturated heterocycles. The summed E-state index contributed by atoms with van der Waals surface area (Å²) in [7, 11) is -3.98. The summed E-state index contributed by atoms with van der Waals surface area (Å²) in [5.41, 5.74) is -0.0950. The zero-order valence-corrected chi connectivity index (χ0v) is 13.6. The van der Waals surface area contributed by atoms with E-state index in [0.717, 1.165) is 24.4 Å². The zero-order chi connectivity index (χ0) is 17.7. The predicted octanol–water partition coefficient (Wildman–Crippen LogP) is 2.34. The van der Waals surface area contributed by atoms with Crippen LogP contribution in [0.1, 0.15) is 13.3 Å². The summed E-state index contributed by atoms with van der Waals surface area (Å²) < 4.78 is 52.6. The minimum absolute atomic E-state index is 0.0735. The van der Waals surface area contributed by atoms with Crippen LogP contribution in [-0.4, -0.2) is 31.2 Å². The van der Waals surface area contributed by atoms with Crippen LogP contribution in [0.2, 0.25) is 0 Å². The molecule has 130 valence electrons. The molecule has 0 spiro atoms. The van der Waals surface area contributed by atoms with E-state index in [1.54, 1.807) is 0 Å². The largest absolute Gasteiger partial charge is 0.394 e. The van der Waals surface area contributed by atoms with Crippen LogP contribution in [0.5, 0.6) is 0 Å². The molecule has 1 atom stereocenters. The number of pyridine rings is 1. The lowest BCUT2D eigenvalue weighted by atomic mass is 10.2. The molecule has 1 heterocycles. The number of hydrogen-bond acceptors (Lipinski definition) is 5. The summed E-state index contributed by atoms with van der Waals surface area (Å²) in [6.45, 7) is 1.81. The average Bonchev–Trinajstić information content (AvgIpc) is 2.56. The minimum atomic E-state index is -3.98. The van der Waals surface area contributed by atoms with Gasteiger partial charge in [-0.3, -0.25) is 4.72 Å². The van der Waals surface area contributed by atoms with E-state index in [2.05, 4.69) is 15.0 Å². The van der Waals surface area contributed by atoms with Crippen molar-refractivity contribution in [1.29, 1.82) is 0 Å². The van der Waals surface area contributed by atoms with Crippen molar-refractivity contribution >= 4 is 21.5 Å². The molecule has 9 heteroatoms. The number of halogens is 2. The SMILES string of the molecule is CC[C@@H](CO)Nc1ccc(S(=O)(=O)Nc2ccc(F)c(F)c2)cn1. The summed E-state index contributed by atoms with van der Waals surface area (Å²) in [5.74, 6) is -1.80. The van der Waals surface area contributed by atoms with Crippen LogP contribution in [0.25, 0.3) is 0 Å². The second-order valence-corrected chi connectivity index (χ2v) is 6.73. The van der Waals surface area contributed by atoms with Crippen LogP contribution in [-0.2, 0) is 10.0 Å². The monoisotopic (exact) mass is 357 g/mol. The van der Waals surface area contributed by atoms with Crippen molar-refractivity contribution in [2.45, 2.75) is 24.3 Å². The maximum absolute atomic E-state index is 13.1. The maximum atomic E-state index is 13.1. The van der Waals surface area contributed by atoms with Crippen molar-refractivity contribution in [1.82, 2.24) is 4.98 Å². The molecular weight excluding hydrogens is 340 g/mol. The zero-order valence-electron chi connectivity index (χ0n) is 12.8. The number of aliphatic hydroxyl groups is 1. The van der Waals surface area contributed by atoms with Crippen LogP contribution in [0.4, 0.5) is 20.3 Å². The van der Waals surface area contributed by atoms with Gasteiger partial charge >= 0.3 is 0 Å². The van der Waals surface area contributed by atoms with E-state index in [4.69, 9.17) is 5.11 Å².